The Morgan fingerprint density at radius 1 is 1.19 bits per heavy atom. The molecule has 1 saturated heterocycles. The number of ether oxygens (including phenoxy) is 2. The molecule has 2 aliphatic rings. The first kappa shape index (κ1) is 25.0. The summed E-state index contributed by atoms with van der Waals surface area (Å²) in [4.78, 5) is 15.1. The fourth-order valence-electron chi connectivity index (χ4n) is 4.30. The molecule has 0 bridgehead atoms. The molecule has 2 fully saturated rings. The maximum atomic E-state index is 13.1. The molecule has 1 aromatic carbocycles. The van der Waals surface area contributed by atoms with Gasteiger partial charge in [-0.2, -0.15) is 4.31 Å². The van der Waals surface area contributed by atoms with Crippen LogP contribution < -0.4 is 10.1 Å². The van der Waals surface area contributed by atoms with Gasteiger partial charge in [0.1, 0.15) is 5.75 Å². The molecule has 0 atom stereocenters. The van der Waals surface area contributed by atoms with Gasteiger partial charge in [0.25, 0.3) is 0 Å². The van der Waals surface area contributed by atoms with Crippen LogP contribution in [0.25, 0.3) is 0 Å². The maximum absolute atomic E-state index is 13.1. The van der Waals surface area contributed by atoms with Gasteiger partial charge in [0.15, 0.2) is 0 Å². The molecule has 0 unspecified atom stereocenters. The van der Waals surface area contributed by atoms with E-state index in [1.165, 1.54) is 42.1 Å². The molecule has 3 rings (SSSR count). The van der Waals surface area contributed by atoms with Crippen LogP contribution in [0.5, 0.6) is 5.75 Å². The summed E-state index contributed by atoms with van der Waals surface area (Å²) in [5.41, 5.74) is 0.382. The van der Waals surface area contributed by atoms with E-state index in [0.717, 1.165) is 12.8 Å². The van der Waals surface area contributed by atoms with Crippen LogP contribution in [-0.4, -0.2) is 75.6 Å². The number of carbonyl (C=O) groups is 1. The average Bonchev–Trinajstić information content (AvgIpc) is 3.05. The first-order chi connectivity index (χ1) is 15.3. The van der Waals surface area contributed by atoms with E-state index in [-0.39, 0.29) is 23.5 Å². The minimum Gasteiger partial charge on any atom is -0.489 e. The number of nitrogens with zero attached hydrogens (tertiary/aromatic N) is 2. The van der Waals surface area contributed by atoms with Crippen molar-refractivity contribution in [2.24, 2.45) is 0 Å². The maximum Gasteiger partial charge on any atom is 0.243 e. The molecule has 1 aromatic rings. The van der Waals surface area contributed by atoms with Gasteiger partial charge in [-0.25, -0.2) is 8.42 Å². The number of hydrogen-bond donors (Lipinski definition) is 1. The van der Waals surface area contributed by atoms with Gasteiger partial charge in [0, 0.05) is 19.1 Å². The third kappa shape index (κ3) is 6.66. The van der Waals surface area contributed by atoms with Gasteiger partial charge in [-0.3, -0.25) is 9.69 Å². The summed E-state index contributed by atoms with van der Waals surface area (Å²) < 4.78 is 38.7. The lowest BCUT2D eigenvalue weighted by atomic mass is 10.1. The van der Waals surface area contributed by atoms with Crippen molar-refractivity contribution in [3.8, 4) is 5.75 Å². The van der Waals surface area contributed by atoms with E-state index in [4.69, 9.17) is 9.47 Å². The standard InChI is InChI=1S/C23H37N3O5S/c1-18(2)31-22-11-10-20(32(28,29)26-12-14-30-15-13-26)16-21(22)24-23(27)17-25(3)19-8-6-4-5-7-9-19/h10-11,16,18-19H,4-9,12-15,17H2,1-3H3,(H,24,27). The minimum atomic E-state index is -3.67. The predicted octanol–water partition coefficient (Wildman–Crippen LogP) is 3.09. The first-order valence-electron chi connectivity index (χ1n) is 11.7. The number of hydrogen-bond acceptors (Lipinski definition) is 6. The molecule has 1 aliphatic heterocycles. The van der Waals surface area contributed by atoms with E-state index < -0.39 is 10.0 Å². The van der Waals surface area contributed by atoms with Gasteiger partial charge in [0.05, 0.1) is 36.4 Å². The van der Waals surface area contributed by atoms with Gasteiger partial charge in [-0.1, -0.05) is 25.7 Å². The van der Waals surface area contributed by atoms with Crippen molar-refractivity contribution in [3.05, 3.63) is 18.2 Å². The van der Waals surface area contributed by atoms with E-state index in [1.54, 1.807) is 6.07 Å². The third-order valence-corrected chi connectivity index (χ3v) is 7.93. The Morgan fingerprint density at radius 2 is 1.84 bits per heavy atom. The molecule has 0 spiro atoms. The normalized spacial score (nSPS) is 19.2. The molecule has 9 heteroatoms. The van der Waals surface area contributed by atoms with Crippen molar-refractivity contribution in [2.45, 2.75) is 69.4 Å². The van der Waals surface area contributed by atoms with Crippen molar-refractivity contribution in [1.29, 1.82) is 0 Å². The highest BCUT2D eigenvalue weighted by molar-refractivity contribution is 7.89. The summed E-state index contributed by atoms with van der Waals surface area (Å²) in [7, 11) is -1.69. The lowest BCUT2D eigenvalue weighted by Crippen LogP contribution is -2.40. The number of likely N-dealkylation sites (N-methyl/N-ethyl adjacent to an activating group) is 1. The smallest absolute Gasteiger partial charge is 0.243 e. The van der Waals surface area contributed by atoms with Crippen LogP contribution in [0.1, 0.15) is 52.4 Å². The molecule has 32 heavy (non-hydrogen) atoms. The van der Waals surface area contributed by atoms with Crippen molar-refractivity contribution < 1.29 is 22.7 Å². The fourth-order valence-corrected chi connectivity index (χ4v) is 5.74. The predicted molar refractivity (Wildman–Crippen MR) is 125 cm³/mol. The van der Waals surface area contributed by atoms with Crippen molar-refractivity contribution in [3.63, 3.8) is 0 Å². The average molecular weight is 468 g/mol. The Bertz CT molecular complexity index is 860. The second-order valence-electron chi connectivity index (χ2n) is 8.95. The van der Waals surface area contributed by atoms with Crippen LogP contribution in [0, 0.1) is 0 Å². The van der Waals surface area contributed by atoms with Gasteiger partial charge in [-0.05, 0) is 51.9 Å². The third-order valence-electron chi connectivity index (χ3n) is 6.04. The summed E-state index contributed by atoms with van der Waals surface area (Å²) in [6.45, 7) is 5.44. The second kappa shape index (κ2) is 11.4. The monoisotopic (exact) mass is 467 g/mol. The summed E-state index contributed by atoms with van der Waals surface area (Å²) in [6, 6.07) is 5.07. The molecular weight excluding hydrogens is 430 g/mol. The van der Waals surface area contributed by atoms with Crippen LogP contribution in [0.4, 0.5) is 5.69 Å². The fraction of sp³-hybridized carbons (Fsp3) is 0.696. The summed E-state index contributed by atoms with van der Waals surface area (Å²) in [5, 5.41) is 2.90. The van der Waals surface area contributed by atoms with Gasteiger partial charge in [-0.15, -0.1) is 0 Å². The second-order valence-corrected chi connectivity index (χ2v) is 10.9. The number of rotatable bonds is 8. The van der Waals surface area contributed by atoms with Gasteiger partial charge < -0.3 is 14.8 Å². The van der Waals surface area contributed by atoms with Crippen LogP contribution in [-0.2, 0) is 19.6 Å². The van der Waals surface area contributed by atoms with Crippen LogP contribution >= 0.6 is 0 Å². The minimum absolute atomic E-state index is 0.110. The number of sulfonamides is 1. The van der Waals surface area contributed by atoms with Crippen molar-refractivity contribution in [2.75, 3.05) is 45.2 Å². The van der Waals surface area contributed by atoms with E-state index >= 15 is 0 Å². The SMILES string of the molecule is CC(C)Oc1ccc(S(=O)(=O)N2CCOCC2)cc1NC(=O)CN(C)C1CCCCCC1. The molecular formula is C23H37N3O5S. The molecule has 1 aliphatic carbocycles. The first-order valence-corrected chi connectivity index (χ1v) is 13.1. The molecule has 180 valence electrons. The van der Waals surface area contributed by atoms with E-state index in [1.807, 2.05) is 20.9 Å². The number of carbonyl (C=O) groups excluding carboxylic acids is 1. The number of amides is 1. The van der Waals surface area contributed by atoms with E-state index in [9.17, 15) is 13.2 Å². The Morgan fingerprint density at radius 3 is 2.47 bits per heavy atom. The highest BCUT2D eigenvalue weighted by Gasteiger charge is 2.28. The van der Waals surface area contributed by atoms with E-state index in [0.29, 0.717) is 43.8 Å². The number of anilines is 1. The Labute approximate surface area is 192 Å². The molecule has 1 amide bonds. The summed E-state index contributed by atoms with van der Waals surface area (Å²) in [5.74, 6) is 0.290. The van der Waals surface area contributed by atoms with Crippen molar-refractivity contribution in [1.82, 2.24) is 9.21 Å². The number of benzene rings is 1. The highest BCUT2D eigenvalue weighted by Crippen LogP contribution is 2.30. The van der Waals surface area contributed by atoms with Gasteiger partial charge >= 0.3 is 0 Å². The lowest BCUT2D eigenvalue weighted by Gasteiger charge is -2.27. The largest absolute Gasteiger partial charge is 0.489 e. The zero-order valence-corrected chi connectivity index (χ0v) is 20.3. The zero-order chi connectivity index (χ0) is 23.1. The van der Waals surface area contributed by atoms with Gasteiger partial charge in [0.2, 0.25) is 15.9 Å². The van der Waals surface area contributed by atoms with Crippen molar-refractivity contribution >= 4 is 21.6 Å². The molecule has 1 heterocycles. The topological polar surface area (TPSA) is 88.2 Å². The Kier molecular flexibility index (Phi) is 8.93. The quantitative estimate of drug-likeness (QED) is 0.591. The number of morpholine rings is 1. The zero-order valence-electron chi connectivity index (χ0n) is 19.5. The van der Waals surface area contributed by atoms with Crippen LogP contribution in [0.3, 0.4) is 0 Å². The molecule has 1 N–H and O–H groups in total. The molecule has 1 saturated carbocycles. The molecule has 0 aromatic heterocycles. The Hall–Kier alpha value is -1.68. The summed E-state index contributed by atoms with van der Waals surface area (Å²) in [6.07, 6.45) is 7.03. The van der Waals surface area contributed by atoms with Crippen LogP contribution in [0.15, 0.2) is 23.1 Å². The van der Waals surface area contributed by atoms with E-state index in [2.05, 4.69) is 10.2 Å². The highest BCUT2D eigenvalue weighted by atomic mass is 32.2. The molecule has 0 radical (unpaired) electrons. The number of nitrogens with one attached hydrogen (secondary N) is 1. The molecule has 8 nitrogen and oxygen atoms in total. The summed E-state index contributed by atoms with van der Waals surface area (Å²) >= 11 is 0. The lowest BCUT2D eigenvalue weighted by molar-refractivity contribution is -0.117. The van der Waals surface area contributed by atoms with Crippen LogP contribution in [0.2, 0.25) is 0 Å². The Balaban J connectivity index is 1.76.